The van der Waals surface area contributed by atoms with Crippen LogP contribution in [0.25, 0.3) is 11.3 Å². The number of imidazole rings is 1. The molecule has 0 spiro atoms. The summed E-state index contributed by atoms with van der Waals surface area (Å²) in [4.78, 5) is 21.4. The third-order valence-corrected chi connectivity index (χ3v) is 5.06. The van der Waals surface area contributed by atoms with Crippen LogP contribution in [0.5, 0.6) is 0 Å². The summed E-state index contributed by atoms with van der Waals surface area (Å²) in [7, 11) is 1.90. The molecule has 4 aromatic rings. The molecule has 2 aromatic heterocycles. The summed E-state index contributed by atoms with van der Waals surface area (Å²) in [5.74, 6) is 1.85. The molecule has 2 heterocycles. The lowest BCUT2D eigenvalue weighted by Gasteiger charge is -2.19. The largest absolute Gasteiger partial charge is 0.441 e. The van der Waals surface area contributed by atoms with Crippen LogP contribution in [0.15, 0.2) is 77.6 Å². The van der Waals surface area contributed by atoms with Crippen LogP contribution in [0, 0.1) is 0 Å². The van der Waals surface area contributed by atoms with E-state index in [0.717, 1.165) is 17.0 Å². The van der Waals surface area contributed by atoms with Crippen molar-refractivity contribution in [2.75, 3.05) is 0 Å². The predicted octanol–water partition coefficient (Wildman–Crippen LogP) is 4.57. The lowest BCUT2D eigenvalue weighted by molar-refractivity contribution is -0.121. The highest BCUT2D eigenvalue weighted by molar-refractivity contribution is 6.30. The molecular formula is C23H21ClN4O2. The van der Waals surface area contributed by atoms with Gasteiger partial charge in [0.2, 0.25) is 5.91 Å². The van der Waals surface area contributed by atoms with Crippen molar-refractivity contribution in [3.8, 4) is 11.3 Å². The van der Waals surface area contributed by atoms with E-state index in [1.807, 2.05) is 60.3 Å². The number of benzene rings is 2. The van der Waals surface area contributed by atoms with Crippen LogP contribution in [-0.2, 0) is 18.3 Å². The van der Waals surface area contributed by atoms with Gasteiger partial charge in [-0.15, -0.1) is 0 Å². The molecule has 0 fully saturated rings. The number of aryl methyl sites for hydroxylation is 2. The second-order valence-electron chi connectivity index (χ2n) is 6.93. The topological polar surface area (TPSA) is 73.0 Å². The fourth-order valence-electron chi connectivity index (χ4n) is 3.22. The summed E-state index contributed by atoms with van der Waals surface area (Å²) in [5.41, 5.74) is 1.86. The monoisotopic (exact) mass is 420 g/mol. The quantitative estimate of drug-likeness (QED) is 0.475. The van der Waals surface area contributed by atoms with Crippen LogP contribution in [0.3, 0.4) is 0 Å². The van der Waals surface area contributed by atoms with Crippen molar-refractivity contribution in [1.29, 1.82) is 0 Å². The zero-order valence-corrected chi connectivity index (χ0v) is 17.2. The highest BCUT2D eigenvalue weighted by Crippen LogP contribution is 2.23. The van der Waals surface area contributed by atoms with Crippen molar-refractivity contribution in [1.82, 2.24) is 19.9 Å². The van der Waals surface area contributed by atoms with Gasteiger partial charge in [0.05, 0.1) is 6.20 Å². The Morgan fingerprint density at radius 3 is 2.60 bits per heavy atom. The van der Waals surface area contributed by atoms with E-state index in [2.05, 4.69) is 15.3 Å². The Morgan fingerprint density at radius 2 is 1.90 bits per heavy atom. The van der Waals surface area contributed by atoms with Crippen LogP contribution in [-0.4, -0.2) is 20.4 Å². The van der Waals surface area contributed by atoms with Crippen LogP contribution in [0.1, 0.15) is 29.7 Å². The maximum Gasteiger partial charge on any atom is 0.221 e. The van der Waals surface area contributed by atoms with Gasteiger partial charge >= 0.3 is 0 Å². The van der Waals surface area contributed by atoms with E-state index in [4.69, 9.17) is 16.0 Å². The molecule has 1 N–H and O–H groups in total. The van der Waals surface area contributed by atoms with Gasteiger partial charge < -0.3 is 14.3 Å². The van der Waals surface area contributed by atoms with E-state index >= 15 is 0 Å². The molecule has 0 aliphatic rings. The zero-order chi connectivity index (χ0) is 20.9. The van der Waals surface area contributed by atoms with Gasteiger partial charge in [-0.3, -0.25) is 4.79 Å². The average Bonchev–Trinajstić information content (AvgIpc) is 3.41. The van der Waals surface area contributed by atoms with E-state index < -0.39 is 0 Å². The average molecular weight is 421 g/mol. The van der Waals surface area contributed by atoms with E-state index in [-0.39, 0.29) is 18.4 Å². The second-order valence-corrected chi connectivity index (χ2v) is 7.37. The first-order chi connectivity index (χ1) is 14.6. The molecule has 1 atom stereocenters. The number of hydrogen-bond acceptors (Lipinski definition) is 4. The summed E-state index contributed by atoms with van der Waals surface area (Å²) in [6.45, 7) is 0. The van der Waals surface area contributed by atoms with E-state index in [1.165, 1.54) is 0 Å². The number of carbonyl (C=O) groups is 1. The minimum absolute atomic E-state index is 0.114. The SMILES string of the molecule is Cn1ccnc1C(NC(=O)CCc1ncc(-c2ccccc2)o1)c1ccc(Cl)cc1. The molecule has 1 unspecified atom stereocenters. The van der Waals surface area contributed by atoms with Crippen LogP contribution in [0.2, 0.25) is 5.02 Å². The molecule has 7 heteroatoms. The van der Waals surface area contributed by atoms with E-state index in [1.54, 1.807) is 24.5 Å². The molecule has 1 amide bonds. The molecule has 0 radical (unpaired) electrons. The van der Waals surface area contributed by atoms with Gasteiger partial charge in [-0.25, -0.2) is 9.97 Å². The predicted molar refractivity (Wildman–Crippen MR) is 115 cm³/mol. The summed E-state index contributed by atoms with van der Waals surface area (Å²) in [6.07, 6.45) is 5.91. The van der Waals surface area contributed by atoms with Gasteiger partial charge in [0.15, 0.2) is 11.7 Å². The lowest BCUT2D eigenvalue weighted by atomic mass is 10.1. The standard InChI is InChI=1S/C23H21ClN4O2/c1-28-14-13-25-23(28)22(17-7-9-18(24)10-8-17)27-20(29)11-12-21-26-15-19(30-21)16-5-3-2-4-6-16/h2-10,13-15,22H,11-12H2,1H3,(H,27,29). The molecule has 0 bridgehead atoms. The minimum Gasteiger partial charge on any atom is -0.441 e. The highest BCUT2D eigenvalue weighted by atomic mass is 35.5. The van der Waals surface area contributed by atoms with Gasteiger partial charge in [-0.2, -0.15) is 0 Å². The maximum absolute atomic E-state index is 12.7. The Kier molecular flexibility index (Phi) is 5.95. The number of halogens is 1. The molecule has 0 saturated heterocycles. The van der Waals surface area contributed by atoms with Crippen LogP contribution >= 0.6 is 11.6 Å². The van der Waals surface area contributed by atoms with Gasteiger partial charge in [-0.1, -0.05) is 54.1 Å². The Labute approximate surface area is 179 Å². The Balaban J connectivity index is 1.44. The van der Waals surface area contributed by atoms with Crippen molar-refractivity contribution in [2.45, 2.75) is 18.9 Å². The van der Waals surface area contributed by atoms with Gasteiger partial charge in [-0.05, 0) is 17.7 Å². The smallest absolute Gasteiger partial charge is 0.221 e. The van der Waals surface area contributed by atoms with Crippen molar-refractivity contribution < 1.29 is 9.21 Å². The van der Waals surface area contributed by atoms with Crippen molar-refractivity contribution >= 4 is 17.5 Å². The molecule has 30 heavy (non-hydrogen) atoms. The van der Waals surface area contributed by atoms with Gasteiger partial charge in [0, 0.05) is 42.9 Å². The van der Waals surface area contributed by atoms with Crippen LogP contribution < -0.4 is 5.32 Å². The second kappa shape index (κ2) is 8.97. The van der Waals surface area contributed by atoms with Crippen LogP contribution in [0.4, 0.5) is 0 Å². The summed E-state index contributed by atoms with van der Waals surface area (Å²) in [5, 5.41) is 3.71. The first-order valence-electron chi connectivity index (χ1n) is 9.62. The minimum atomic E-state index is -0.376. The number of oxazole rings is 1. The molecular weight excluding hydrogens is 400 g/mol. The number of aromatic nitrogens is 3. The Morgan fingerprint density at radius 1 is 1.13 bits per heavy atom. The maximum atomic E-state index is 12.7. The van der Waals surface area contributed by atoms with E-state index in [9.17, 15) is 4.79 Å². The number of nitrogens with zero attached hydrogens (tertiary/aromatic N) is 3. The third kappa shape index (κ3) is 4.60. The fraction of sp³-hybridized carbons (Fsp3) is 0.174. The van der Waals surface area contributed by atoms with Crippen molar-refractivity contribution in [2.24, 2.45) is 7.05 Å². The van der Waals surface area contributed by atoms with Gasteiger partial charge in [0.25, 0.3) is 0 Å². The highest BCUT2D eigenvalue weighted by Gasteiger charge is 2.21. The fourth-order valence-corrected chi connectivity index (χ4v) is 3.35. The zero-order valence-electron chi connectivity index (χ0n) is 16.5. The number of nitrogens with one attached hydrogen (secondary N) is 1. The molecule has 0 aliphatic carbocycles. The molecule has 6 nitrogen and oxygen atoms in total. The van der Waals surface area contributed by atoms with E-state index in [0.29, 0.717) is 23.1 Å². The molecule has 4 rings (SSSR count). The summed E-state index contributed by atoms with van der Waals surface area (Å²) in [6, 6.07) is 16.8. The lowest BCUT2D eigenvalue weighted by Crippen LogP contribution is -2.31. The first kappa shape index (κ1) is 19.9. The summed E-state index contributed by atoms with van der Waals surface area (Å²) >= 11 is 6.02. The first-order valence-corrected chi connectivity index (χ1v) is 10.00. The Hall–Kier alpha value is -3.38. The van der Waals surface area contributed by atoms with Gasteiger partial charge in [0.1, 0.15) is 11.9 Å². The summed E-state index contributed by atoms with van der Waals surface area (Å²) < 4.78 is 7.68. The number of rotatable bonds is 7. The molecule has 152 valence electrons. The number of carbonyl (C=O) groups excluding carboxylic acids is 1. The number of amides is 1. The molecule has 0 aliphatic heterocycles. The molecule has 0 saturated carbocycles. The molecule has 2 aromatic carbocycles. The third-order valence-electron chi connectivity index (χ3n) is 4.80. The number of hydrogen-bond donors (Lipinski definition) is 1. The van der Waals surface area contributed by atoms with Crippen molar-refractivity contribution in [3.05, 3.63) is 95.5 Å². The Bertz CT molecular complexity index is 1120. The van der Waals surface area contributed by atoms with Crippen molar-refractivity contribution in [3.63, 3.8) is 0 Å². The normalized spacial score (nSPS) is 11.9.